The number of carbonyl (C=O) groups excluding carboxylic acids is 1. The Hall–Kier alpha value is -3.49. The molecular formula is C24H21N3O4S. The van der Waals surface area contributed by atoms with Crippen LogP contribution in [0.5, 0.6) is 0 Å². The van der Waals surface area contributed by atoms with Crippen LogP contribution in [-0.4, -0.2) is 19.3 Å². The summed E-state index contributed by atoms with van der Waals surface area (Å²) in [6.45, 7) is 0.0405. The first kappa shape index (κ1) is 20.4. The Kier molecular flexibility index (Phi) is 5.24. The van der Waals surface area contributed by atoms with Crippen molar-refractivity contribution in [2.45, 2.75) is 30.2 Å². The van der Waals surface area contributed by atoms with Crippen molar-refractivity contribution in [3.8, 4) is 0 Å². The number of hydrogen-bond donors (Lipinski definition) is 2. The fourth-order valence-corrected chi connectivity index (χ4v) is 4.61. The molecule has 0 atom stereocenters. The molecule has 2 heterocycles. The summed E-state index contributed by atoms with van der Waals surface area (Å²) >= 11 is 0. The lowest BCUT2D eigenvalue weighted by atomic mass is 10.1. The van der Waals surface area contributed by atoms with Gasteiger partial charge in [-0.15, -0.1) is 0 Å². The van der Waals surface area contributed by atoms with Gasteiger partial charge in [0.2, 0.25) is 10.0 Å². The molecule has 2 aromatic carbocycles. The molecule has 2 aromatic heterocycles. The van der Waals surface area contributed by atoms with Gasteiger partial charge in [0, 0.05) is 22.7 Å². The average Bonchev–Trinajstić information content (AvgIpc) is 3.52. The standard InChI is InChI=1S/C24H21N3O4S/c28-24(21-14-23(16-10-11-16)27-22-9-2-1-8-20(21)22)26-17-5-3-7-19(13-17)32(29,30)25-15-18-6-4-12-31-18/h1-9,12-14,16,25H,10-11,15H2,(H,26,28). The summed E-state index contributed by atoms with van der Waals surface area (Å²) in [4.78, 5) is 17.9. The zero-order chi connectivity index (χ0) is 22.1. The molecule has 0 unspecified atom stereocenters. The van der Waals surface area contributed by atoms with Crippen molar-refractivity contribution >= 4 is 32.5 Å². The van der Waals surface area contributed by atoms with Crippen LogP contribution in [0.25, 0.3) is 10.9 Å². The number of fused-ring (bicyclic) bond motifs is 1. The van der Waals surface area contributed by atoms with E-state index < -0.39 is 10.0 Å². The van der Waals surface area contributed by atoms with Gasteiger partial charge in [-0.3, -0.25) is 9.78 Å². The normalized spacial score (nSPS) is 13.9. The highest BCUT2D eigenvalue weighted by Gasteiger charge is 2.27. The molecule has 0 bridgehead atoms. The Morgan fingerprint density at radius 1 is 1.03 bits per heavy atom. The predicted molar refractivity (Wildman–Crippen MR) is 121 cm³/mol. The molecule has 0 saturated heterocycles. The number of aromatic nitrogens is 1. The smallest absolute Gasteiger partial charge is 0.256 e. The first-order valence-electron chi connectivity index (χ1n) is 10.3. The highest BCUT2D eigenvalue weighted by Crippen LogP contribution is 2.40. The van der Waals surface area contributed by atoms with E-state index in [1.54, 1.807) is 24.3 Å². The van der Waals surface area contributed by atoms with Gasteiger partial charge in [0.15, 0.2) is 0 Å². The third-order valence-corrected chi connectivity index (χ3v) is 6.79. The number of benzene rings is 2. The van der Waals surface area contributed by atoms with Crippen LogP contribution >= 0.6 is 0 Å². The van der Waals surface area contributed by atoms with Crippen LogP contribution in [0.4, 0.5) is 5.69 Å². The third-order valence-electron chi connectivity index (χ3n) is 5.39. The molecule has 1 aliphatic carbocycles. The molecule has 1 amide bonds. The van der Waals surface area contributed by atoms with Crippen LogP contribution in [0, 0.1) is 0 Å². The predicted octanol–water partition coefficient (Wildman–Crippen LogP) is 4.44. The van der Waals surface area contributed by atoms with E-state index in [-0.39, 0.29) is 17.3 Å². The summed E-state index contributed by atoms with van der Waals surface area (Å²) in [7, 11) is -3.77. The van der Waals surface area contributed by atoms with Gasteiger partial charge < -0.3 is 9.73 Å². The molecule has 0 radical (unpaired) electrons. The molecule has 1 fully saturated rings. The third kappa shape index (κ3) is 4.28. The number of furan rings is 1. The van der Waals surface area contributed by atoms with Crippen molar-refractivity contribution in [2.24, 2.45) is 0 Å². The van der Waals surface area contributed by atoms with Crippen LogP contribution in [0.15, 0.2) is 82.3 Å². The largest absolute Gasteiger partial charge is 0.468 e. The lowest BCUT2D eigenvalue weighted by Crippen LogP contribution is -2.23. The van der Waals surface area contributed by atoms with Crippen LogP contribution in [0.2, 0.25) is 0 Å². The summed E-state index contributed by atoms with van der Waals surface area (Å²) in [6, 6.07) is 18.9. The van der Waals surface area contributed by atoms with Crippen LogP contribution in [0.1, 0.15) is 40.6 Å². The Morgan fingerprint density at radius 2 is 1.88 bits per heavy atom. The summed E-state index contributed by atoms with van der Waals surface area (Å²) in [6.07, 6.45) is 3.64. The van der Waals surface area contributed by atoms with E-state index in [1.807, 2.05) is 30.3 Å². The van der Waals surface area contributed by atoms with Gasteiger partial charge in [-0.25, -0.2) is 13.1 Å². The topological polar surface area (TPSA) is 101 Å². The molecule has 7 nitrogen and oxygen atoms in total. The highest BCUT2D eigenvalue weighted by molar-refractivity contribution is 7.89. The Balaban J connectivity index is 1.40. The van der Waals surface area contributed by atoms with Gasteiger partial charge >= 0.3 is 0 Å². The van der Waals surface area contributed by atoms with Gasteiger partial charge in [0.25, 0.3) is 5.91 Å². The first-order chi connectivity index (χ1) is 15.5. The second kappa shape index (κ2) is 8.22. The van der Waals surface area contributed by atoms with E-state index in [1.165, 1.54) is 18.4 Å². The number of pyridine rings is 1. The Labute approximate surface area is 185 Å². The van der Waals surface area contributed by atoms with Crippen LogP contribution in [-0.2, 0) is 16.6 Å². The second-order valence-corrected chi connectivity index (χ2v) is 9.54. The maximum Gasteiger partial charge on any atom is 0.256 e. The fraction of sp³-hybridized carbons (Fsp3) is 0.167. The number of nitrogens with zero attached hydrogens (tertiary/aromatic N) is 1. The number of rotatable bonds is 7. The monoisotopic (exact) mass is 447 g/mol. The van der Waals surface area contributed by atoms with Crippen molar-refractivity contribution in [2.75, 3.05) is 5.32 Å². The van der Waals surface area contributed by atoms with Crippen molar-refractivity contribution in [1.29, 1.82) is 0 Å². The summed E-state index contributed by atoms with van der Waals surface area (Å²) in [5.41, 5.74) is 2.62. The molecule has 1 saturated carbocycles. The minimum Gasteiger partial charge on any atom is -0.468 e. The number of sulfonamides is 1. The lowest BCUT2D eigenvalue weighted by molar-refractivity contribution is 0.102. The lowest BCUT2D eigenvalue weighted by Gasteiger charge is -2.11. The minimum atomic E-state index is -3.77. The SMILES string of the molecule is O=C(Nc1cccc(S(=O)(=O)NCc2ccco2)c1)c1cc(C2CC2)nc2ccccc12. The zero-order valence-corrected chi connectivity index (χ0v) is 17.9. The molecular weight excluding hydrogens is 426 g/mol. The quantitative estimate of drug-likeness (QED) is 0.436. The number of para-hydroxylation sites is 1. The molecule has 5 rings (SSSR count). The maximum atomic E-state index is 13.1. The van der Waals surface area contributed by atoms with Crippen molar-refractivity contribution in [3.05, 3.63) is 90.0 Å². The Morgan fingerprint density at radius 3 is 2.66 bits per heavy atom. The Bertz CT molecular complexity index is 1390. The van der Waals surface area contributed by atoms with Gasteiger partial charge in [-0.1, -0.05) is 24.3 Å². The van der Waals surface area contributed by atoms with Crippen molar-refractivity contribution < 1.29 is 17.6 Å². The molecule has 8 heteroatoms. The number of amides is 1. The van der Waals surface area contributed by atoms with E-state index in [4.69, 9.17) is 9.40 Å². The van der Waals surface area contributed by atoms with E-state index in [9.17, 15) is 13.2 Å². The number of hydrogen-bond acceptors (Lipinski definition) is 5. The maximum absolute atomic E-state index is 13.1. The van der Waals surface area contributed by atoms with Crippen molar-refractivity contribution in [3.63, 3.8) is 0 Å². The van der Waals surface area contributed by atoms with E-state index >= 15 is 0 Å². The van der Waals surface area contributed by atoms with Gasteiger partial charge in [-0.05, 0) is 55.3 Å². The van der Waals surface area contributed by atoms with Gasteiger partial charge in [-0.2, -0.15) is 0 Å². The highest BCUT2D eigenvalue weighted by atomic mass is 32.2. The number of carbonyl (C=O) groups is 1. The molecule has 162 valence electrons. The van der Waals surface area contributed by atoms with E-state index in [0.29, 0.717) is 22.9 Å². The van der Waals surface area contributed by atoms with Crippen molar-refractivity contribution in [1.82, 2.24) is 9.71 Å². The minimum absolute atomic E-state index is 0.0405. The summed E-state index contributed by atoms with van der Waals surface area (Å²) in [5.74, 6) is 0.609. The molecule has 0 aliphatic heterocycles. The van der Waals surface area contributed by atoms with Crippen LogP contribution < -0.4 is 10.0 Å². The first-order valence-corrected chi connectivity index (χ1v) is 11.8. The second-order valence-electron chi connectivity index (χ2n) is 7.77. The summed E-state index contributed by atoms with van der Waals surface area (Å²) in [5, 5.41) is 3.60. The molecule has 32 heavy (non-hydrogen) atoms. The van der Waals surface area contributed by atoms with E-state index in [0.717, 1.165) is 29.4 Å². The van der Waals surface area contributed by atoms with Crippen LogP contribution in [0.3, 0.4) is 0 Å². The molecule has 4 aromatic rings. The van der Waals surface area contributed by atoms with E-state index in [2.05, 4.69) is 10.0 Å². The zero-order valence-electron chi connectivity index (χ0n) is 17.1. The fourth-order valence-electron chi connectivity index (χ4n) is 3.57. The average molecular weight is 448 g/mol. The molecule has 1 aliphatic rings. The van der Waals surface area contributed by atoms with Gasteiger partial charge in [0.1, 0.15) is 5.76 Å². The number of nitrogens with one attached hydrogen (secondary N) is 2. The molecule has 2 N–H and O–H groups in total. The molecule has 0 spiro atoms. The number of anilines is 1. The summed E-state index contributed by atoms with van der Waals surface area (Å²) < 4.78 is 33.0. The van der Waals surface area contributed by atoms with Gasteiger partial charge in [0.05, 0.1) is 28.8 Å².